The number of cyclic esters (lactones) is 1. The maximum absolute atomic E-state index is 14.8. The second-order valence-electron chi connectivity index (χ2n) is 16.6. The lowest BCUT2D eigenvalue weighted by molar-refractivity contribution is -0.319. The van der Waals surface area contributed by atoms with E-state index in [1.807, 2.05) is 153 Å². The lowest BCUT2D eigenvalue weighted by atomic mass is 9.91. The Labute approximate surface area is 385 Å². The van der Waals surface area contributed by atoms with E-state index in [1.54, 1.807) is 6.07 Å². The number of nitrogens with zero attached hydrogens (tertiary/aromatic N) is 1. The van der Waals surface area contributed by atoms with Gasteiger partial charge >= 0.3 is 6.09 Å². The highest BCUT2D eigenvalue weighted by Gasteiger charge is 2.49. The number of furan rings is 1. The number of Topliss-reactive ketones (excluding diaryl/α,β-unsaturated/α-hetero) is 1. The summed E-state index contributed by atoms with van der Waals surface area (Å²) < 4.78 is 43.6. The van der Waals surface area contributed by atoms with Gasteiger partial charge in [-0.05, 0) is 53.6 Å². The Morgan fingerprint density at radius 3 is 1.98 bits per heavy atom. The molecule has 2 saturated heterocycles. The molecule has 7 atom stereocenters. The molecule has 12 nitrogen and oxygen atoms in total. The highest BCUT2D eigenvalue weighted by molar-refractivity contribution is 6.12. The second-order valence-corrected chi connectivity index (χ2v) is 16.6. The Morgan fingerprint density at radius 1 is 0.742 bits per heavy atom. The number of aliphatic hydroxyl groups excluding tert-OH is 1. The molecule has 0 bridgehead atoms. The smallest absolute Gasteiger partial charge is 0.417 e. The summed E-state index contributed by atoms with van der Waals surface area (Å²) in [5, 5.41) is 10.5. The largest absolute Gasteiger partial charge is 0.457 e. The fourth-order valence-corrected chi connectivity index (χ4v) is 8.63. The van der Waals surface area contributed by atoms with Crippen LogP contribution in [0.2, 0.25) is 0 Å². The van der Waals surface area contributed by atoms with E-state index in [9.17, 15) is 19.5 Å². The van der Waals surface area contributed by atoms with E-state index in [0.29, 0.717) is 24.2 Å². The van der Waals surface area contributed by atoms with Crippen molar-refractivity contribution in [2.75, 3.05) is 26.9 Å². The number of carbonyl (C=O) groups is 3. The predicted molar refractivity (Wildman–Crippen MR) is 245 cm³/mol. The molecule has 0 radical (unpaired) electrons. The third kappa shape index (κ3) is 11.0. The van der Waals surface area contributed by atoms with Gasteiger partial charge < -0.3 is 37.9 Å². The first-order valence-corrected chi connectivity index (χ1v) is 22.4. The van der Waals surface area contributed by atoms with Crippen molar-refractivity contribution in [2.45, 2.75) is 76.1 Å². The summed E-state index contributed by atoms with van der Waals surface area (Å²) in [5.74, 6) is -1.96. The molecular formula is C54H55NO11. The van der Waals surface area contributed by atoms with Crippen molar-refractivity contribution in [1.29, 1.82) is 0 Å². The fourth-order valence-electron chi connectivity index (χ4n) is 8.63. The van der Waals surface area contributed by atoms with Crippen molar-refractivity contribution in [2.24, 2.45) is 5.92 Å². The molecule has 2 fully saturated rings. The summed E-state index contributed by atoms with van der Waals surface area (Å²) >= 11 is 0. The van der Waals surface area contributed by atoms with Crippen LogP contribution in [0.3, 0.4) is 0 Å². The van der Waals surface area contributed by atoms with Crippen molar-refractivity contribution in [3.63, 3.8) is 0 Å². The Morgan fingerprint density at radius 2 is 1.36 bits per heavy atom. The van der Waals surface area contributed by atoms with Crippen LogP contribution in [0.4, 0.5) is 4.79 Å². The highest BCUT2D eigenvalue weighted by atomic mass is 16.7. The van der Waals surface area contributed by atoms with Crippen molar-refractivity contribution >= 4 is 17.8 Å². The topological polar surface area (TPSA) is 143 Å². The average Bonchev–Trinajstić information content (AvgIpc) is 3.97. The average molecular weight is 894 g/mol. The molecule has 66 heavy (non-hydrogen) atoms. The van der Waals surface area contributed by atoms with Crippen LogP contribution >= 0.6 is 0 Å². The van der Waals surface area contributed by atoms with Crippen molar-refractivity contribution < 1.29 is 52.3 Å². The van der Waals surface area contributed by atoms with Crippen molar-refractivity contribution in [3.8, 4) is 11.1 Å². The van der Waals surface area contributed by atoms with Crippen LogP contribution in [0, 0.1) is 12.8 Å². The molecule has 5 aromatic carbocycles. The van der Waals surface area contributed by atoms with Gasteiger partial charge in [-0.3, -0.25) is 9.59 Å². The van der Waals surface area contributed by atoms with E-state index in [-0.39, 0.29) is 45.2 Å². The lowest BCUT2D eigenvalue weighted by Crippen LogP contribution is -2.61. The van der Waals surface area contributed by atoms with E-state index in [2.05, 4.69) is 0 Å². The second kappa shape index (κ2) is 22.3. The van der Waals surface area contributed by atoms with Gasteiger partial charge in [-0.2, -0.15) is 0 Å². The normalized spacial score (nSPS) is 21.1. The molecule has 2 aliphatic rings. The minimum Gasteiger partial charge on any atom is -0.457 e. The molecule has 0 unspecified atom stereocenters. The number of ether oxygens (including phenoxy) is 6. The first-order valence-electron chi connectivity index (χ1n) is 22.4. The summed E-state index contributed by atoms with van der Waals surface area (Å²) in [5.41, 5.74) is 5.94. The molecule has 0 aliphatic carbocycles. The van der Waals surface area contributed by atoms with E-state index in [0.717, 1.165) is 38.3 Å². The van der Waals surface area contributed by atoms with Crippen LogP contribution in [-0.2, 0) is 59.3 Å². The quantitative estimate of drug-likeness (QED) is 0.0446. The molecule has 0 spiro atoms. The fraction of sp³-hybridized carbons (Fsp3) is 0.315. The minimum absolute atomic E-state index is 0.00323. The van der Waals surface area contributed by atoms with Crippen LogP contribution in [0.1, 0.15) is 56.6 Å². The summed E-state index contributed by atoms with van der Waals surface area (Å²) in [6.45, 7) is 2.36. The van der Waals surface area contributed by atoms with Crippen LogP contribution in [0.15, 0.2) is 156 Å². The number of aliphatic hydroxyl groups is 1. The molecule has 2 aliphatic heterocycles. The molecule has 6 aromatic rings. The highest BCUT2D eigenvalue weighted by Crippen LogP contribution is 2.35. The van der Waals surface area contributed by atoms with Gasteiger partial charge in [-0.15, -0.1) is 0 Å². The van der Waals surface area contributed by atoms with E-state index >= 15 is 0 Å². The third-order valence-electron chi connectivity index (χ3n) is 12.0. The summed E-state index contributed by atoms with van der Waals surface area (Å²) in [7, 11) is 1.52. The third-order valence-corrected chi connectivity index (χ3v) is 12.0. The van der Waals surface area contributed by atoms with Crippen LogP contribution in [0.5, 0.6) is 0 Å². The Bertz CT molecular complexity index is 2500. The summed E-state index contributed by atoms with van der Waals surface area (Å²) in [4.78, 5) is 43.7. The van der Waals surface area contributed by atoms with Gasteiger partial charge in [0.25, 0.3) is 0 Å². The zero-order chi connectivity index (χ0) is 45.8. The molecule has 2 amide bonds. The molecule has 1 N–H and O–H groups in total. The van der Waals surface area contributed by atoms with Gasteiger partial charge in [0, 0.05) is 25.7 Å². The zero-order valence-corrected chi connectivity index (χ0v) is 37.1. The molecule has 12 heteroatoms. The minimum atomic E-state index is -1.29. The Balaban J connectivity index is 1.05. The van der Waals surface area contributed by atoms with Gasteiger partial charge in [0.2, 0.25) is 11.7 Å². The maximum Gasteiger partial charge on any atom is 0.417 e. The number of imide groups is 1. The first kappa shape index (κ1) is 46.3. The number of methoxy groups -OCH3 is 1. The maximum atomic E-state index is 14.8. The van der Waals surface area contributed by atoms with Crippen molar-refractivity contribution in [1.82, 2.24) is 4.90 Å². The van der Waals surface area contributed by atoms with E-state index < -0.39 is 60.4 Å². The van der Waals surface area contributed by atoms with Gasteiger partial charge in [-0.25, -0.2) is 9.69 Å². The molecular weight excluding hydrogens is 839 g/mol. The van der Waals surface area contributed by atoms with Crippen molar-refractivity contribution in [3.05, 3.63) is 191 Å². The molecule has 0 saturated carbocycles. The number of ketones is 1. The van der Waals surface area contributed by atoms with E-state index in [1.165, 1.54) is 7.11 Å². The molecule has 3 heterocycles. The van der Waals surface area contributed by atoms with E-state index in [4.69, 9.17) is 32.8 Å². The number of carbonyl (C=O) groups excluding carboxylic acids is 3. The number of rotatable bonds is 20. The lowest BCUT2D eigenvalue weighted by Gasteiger charge is -2.45. The van der Waals surface area contributed by atoms with Crippen LogP contribution in [0.25, 0.3) is 11.1 Å². The number of hydrogen-bond donors (Lipinski definition) is 1. The summed E-state index contributed by atoms with van der Waals surface area (Å²) in [6, 6.07) is 46.8. The van der Waals surface area contributed by atoms with Gasteiger partial charge in [0.1, 0.15) is 48.7 Å². The van der Waals surface area contributed by atoms with Gasteiger partial charge in [0.05, 0.1) is 19.8 Å². The Kier molecular flexibility index (Phi) is 15.6. The predicted octanol–water partition coefficient (Wildman–Crippen LogP) is 8.87. The van der Waals surface area contributed by atoms with Gasteiger partial charge in [0.15, 0.2) is 12.1 Å². The van der Waals surface area contributed by atoms with Crippen LogP contribution < -0.4 is 0 Å². The standard InChI is InChI=1S/C54H55NO11/c1-36-17-15-26-41(29-36)42-31-46(48(57)43(30-37-18-7-3-8-19-37)52(58)55-44(35-64-54(55)59)40-24-13-6-14-25-40)65-45(42)27-16-28-61-51-50(63-34-39-22-11-5-12-23-39)49(47(32-56)66-53(51)60-2)62-33-38-20-9-4-10-21-38/h3-15,17-26,29,31,43-44,47,49-51,53,56H,16,27-28,30,32-35H2,1-2H3/t43-,44+,47-,49-,50+,51+,53+/m1/s1. The molecule has 342 valence electrons. The zero-order valence-electron chi connectivity index (χ0n) is 37.1. The Hall–Kier alpha value is -6.25. The number of hydrogen-bond acceptors (Lipinski definition) is 11. The van der Waals surface area contributed by atoms with Crippen LogP contribution in [-0.4, -0.2) is 85.4 Å². The number of amides is 2. The molecule has 8 rings (SSSR count). The van der Waals surface area contributed by atoms with Gasteiger partial charge in [-0.1, -0.05) is 151 Å². The SMILES string of the molecule is CO[C@H]1O[C@H](CO)[C@@H](OCc2ccccc2)[C@H](OCc2ccccc2)[C@@H]1OCCCc1oc(C(=O)[C@@H](Cc2ccccc2)C(=O)N2C(=O)OC[C@H]2c2ccccc2)cc1-c1cccc(C)c1. The summed E-state index contributed by atoms with van der Waals surface area (Å²) in [6.07, 6.45) is -3.76. The number of aryl methyl sites for hydroxylation is 2. The monoisotopic (exact) mass is 893 g/mol. The number of benzene rings is 5. The first-order chi connectivity index (χ1) is 32.3. The molecule has 1 aromatic heterocycles.